The molecule has 0 aromatic heterocycles. The standard InChI is InChI=1S/C16H17F3O.C16H20O.2C15H17ClO.C15H18O.C13H13Cl.C13H14/c1-10(2)12-6-7-15(16(17,18)19)13-5-4-11(9-20-3)8-14(12)13;1-11(2)14-7-5-12(3)15-8-6-13(10-17-4)9-16(14)15;1-10(2)12-6-7-15(16)13-5-4-11(9-17-3)8-14(12)13;1-10(2)15-13-8-11(9-17-3)4-5-12(13)6-7-14(15)16;1-11(2)14-6-4-5-13-8-7-12(10-16-3)9-15(13)14;1-9(2)10-7-8-13(14)12-6-4-3-5-11(10)12;1-10(2)12-9-5-7-11-6-3-4-8-13(11)12/h4-8,10H,9H2,1-3H3;5-9,11H,10H2,1-4H3;2*4-8,10H,9H2,1-3H3;4-9,11H,10H2,1-3H3;3-9H,1-2H3;3-10H,1-2H3. The van der Waals surface area contributed by atoms with Crippen molar-refractivity contribution in [3.05, 3.63) is 330 Å². The average Bonchev–Trinajstić information content (AvgIpc) is 0.773. The Bertz CT molecular complexity index is 5340. The lowest BCUT2D eigenvalue weighted by atomic mass is 9.92. The molecule has 0 heterocycles. The Labute approximate surface area is 692 Å². The van der Waals surface area contributed by atoms with Gasteiger partial charge in [-0.25, -0.2) is 0 Å². The first-order chi connectivity index (χ1) is 54.4. The molecule has 11 heteroatoms. The molecule has 14 aromatic carbocycles. The summed E-state index contributed by atoms with van der Waals surface area (Å²) < 4.78 is 65.0. The Balaban J connectivity index is 0.000000167. The minimum atomic E-state index is -4.34. The summed E-state index contributed by atoms with van der Waals surface area (Å²) >= 11 is 18.7. The lowest BCUT2D eigenvalue weighted by molar-refractivity contribution is -0.136. The van der Waals surface area contributed by atoms with E-state index in [1.807, 2.05) is 38.1 Å². The second-order valence-electron chi connectivity index (χ2n) is 31.4. The molecule has 14 rings (SSSR count). The summed E-state index contributed by atoms with van der Waals surface area (Å²) in [5.41, 5.74) is 15.6. The van der Waals surface area contributed by atoms with Crippen LogP contribution in [0.4, 0.5) is 13.2 Å². The zero-order valence-electron chi connectivity index (χ0n) is 70.4. The van der Waals surface area contributed by atoms with E-state index in [0.717, 1.165) is 37.0 Å². The Morgan fingerprint density at radius 1 is 0.254 bits per heavy atom. The summed E-state index contributed by atoms with van der Waals surface area (Å²) in [5.74, 6) is 3.33. The van der Waals surface area contributed by atoms with Crippen LogP contribution < -0.4 is 0 Å². The fraction of sp³-hybridized carbons (Fsp3) is 0.320. The average molecular weight is 1600 g/mol. The number of ether oxygens (including phenoxy) is 5. The maximum Gasteiger partial charge on any atom is 0.417 e. The minimum Gasteiger partial charge on any atom is -0.380 e. The van der Waals surface area contributed by atoms with Gasteiger partial charge >= 0.3 is 6.18 Å². The first-order valence-corrected chi connectivity index (χ1v) is 40.8. The van der Waals surface area contributed by atoms with Crippen molar-refractivity contribution in [2.75, 3.05) is 35.5 Å². The van der Waals surface area contributed by atoms with Crippen molar-refractivity contribution in [1.82, 2.24) is 0 Å². The van der Waals surface area contributed by atoms with Crippen molar-refractivity contribution in [1.29, 1.82) is 0 Å². The van der Waals surface area contributed by atoms with E-state index in [9.17, 15) is 13.2 Å². The number of halogens is 6. The van der Waals surface area contributed by atoms with E-state index in [2.05, 4.69) is 272 Å². The Kier molecular flexibility index (Phi) is 34.6. The maximum absolute atomic E-state index is 13.1. The third kappa shape index (κ3) is 24.0. The first-order valence-electron chi connectivity index (χ1n) is 39.6. The molecule has 0 N–H and O–H groups in total. The van der Waals surface area contributed by atoms with Crippen molar-refractivity contribution in [3.8, 4) is 0 Å². The number of aryl methyl sites for hydroxylation is 1. The molecule has 5 nitrogen and oxygen atoms in total. The number of benzene rings is 14. The number of fused-ring (bicyclic) bond motifs is 7. The van der Waals surface area contributed by atoms with E-state index >= 15 is 0 Å². The molecule has 114 heavy (non-hydrogen) atoms. The second kappa shape index (κ2) is 43.4. The smallest absolute Gasteiger partial charge is 0.380 e. The normalized spacial score (nSPS) is 11.4. The van der Waals surface area contributed by atoms with Gasteiger partial charge in [-0.3, -0.25) is 0 Å². The molecule has 0 bridgehead atoms. The molecular formula is C103H116Cl3F3O5. The van der Waals surface area contributed by atoms with Gasteiger partial charge in [0.05, 0.1) is 38.6 Å². The van der Waals surface area contributed by atoms with Gasteiger partial charge in [0.2, 0.25) is 0 Å². The molecule has 0 radical (unpaired) electrons. The van der Waals surface area contributed by atoms with Crippen LogP contribution in [-0.2, 0) is 62.9 Å². The highest BCUT2D eigenvalue weighted by molar-refractivity contribution is 6.36. The van der Waals surface area contributed by atoms with Gasteiger partial charge in [-0.1, -0.05) is 314 Å². The van der Waals surface area contributed by atoms with Crippen LogP contribution in [0.15, 0.2) is 237 Å². The van der Waals surface area contributed by atoms with Crippen LogP contribution in [0.5, 0.6) is 0 Å². The van der Waals surface area contributed by atoms with Crippen LogP contribution in [0.1, 0.15) is 216 Å². The molecular weight excluding hydrogens is 1480 g/mol. The van der Waals surface area contributed by atoms with E-state index in [0.29, 0.717) is 73.9 Å². The maximum atomic E-state index is 13.1. The Hall–Kier alpha value is -8.64. The Morgan fingerprint density at radius 2 is 0.553 bits per heavy atom. The molecule has 0 saturated heterocycles. The van der Waals surface area contributed by atoms with E-state index < -0.39 is 11.7 Å². The van der Waals surface area contributed by atoms with Gasteiger partial charge in [0, 0.05) is 61.4 Å². The molecule has 600 valence electrons. The molecule has 0 fully saturated rings. The summed E-state index contributed by atoms with van der Waals surface area (Å²) in [6.45, 7) is 35.7. The molecule has 0 unspecified atom stereocenters. The van der Waals surface area contributed by atoms with E-state index in [4.69, 9.17) is 58.5 Å². The lowest BCUT2D eigenvalue weighted by Gasteiger charge is -2.16. The van der Waals surface area contributed by atoms with Gasteiger partial charge in [-0.15, -0.1) is 0 Å². The van der Waals surface area contributed by atoms with Crippen molar-refractivity contribution < 1.29 is 36.9 Å². The highest BCUT2D eigenvalue weighted by Crippen LogP contribution is 2.40. The number of alkyl halides is 3. The highest BCUT2D eigenvalue weighted by atomic mass is 35.5. The third-order valence-electron chi connectivity index (χ3n) is 20.5. The number of hydrogen-bond donors (Lipinski definition) is 0. The van der Waals surface area contributed by atoms with Crippen LogP contribution >= 0.6 is 34.8 Å². The molecule has 14 aromatic rings. The zero-order valence-corrected chi connectivity index (χ0v) is 72.7. The number of rotatable bonds is 17. The van der Waals surface area contributed by atoms with E-state index in [-0.39, 0.29) is 11.3 Å². The first kappa shape index (κ1) is 90.9. The fourth-order valence-electron chi connectivity index (χ4n) is 14.7. The van der Waals surface area contributed by atoms with Crippen molar-refractivity contribution in [3.63, 3.8) is 0 Å². The summed E-state index contributed by atoms with van der Waals surface area (Å²) in [4.78, 5) is 0. The molecule has 0 spiro atoms. The fourth-order valence-corrected chi connectivity index (χ4v) is 15.6. The van der Waals surface area contributed by atoms with Gasteiger partial charge in [0.25, 0.3) is 0 Å². The van der Waals surface area contributed by atoms with E-state index in [1.165, 1.54) is 121 Å². The van der Waals surface area contributed by atoms with Gasteiger partial charge in [-0.05, 0) is 240 Å². The van der Waals surface area contributed by atoms with Crippen LogP contribution in [0.2, 0.25) is 15.1 Å². The van der Waals surface area contributed by atoms with Crippen molar-refractivity contribution in [2.24, 2.45) is 0 Å². The largest absolute Gasteiger partial charge is 0.417 e. The number of hydrogen-bond acceptors (Lipinski definition) is 5. The van der Waals surface area contributed by atoms with Crippen LogP contribution in [0.3, 0.4) is 0 Å². The summed E-state index contributed by atoms with van der Waals surface area (Å²) in [6.07, 6.45) is -4.34. The molecule has 0 aliphatic carbocycles. The summed E-state index contributed by atoms with van der Waals surface area (Å²) in [7, 11) is 8.47. The number of methoxy groups -OCH3 is 5. The monoisotopic (exact) mass is 1590 g/mol. The summed E-state index contributed by atoms with van der Waals surface area (Å²) in [6, 6.07) is 80.3. The molecule has 0 saturated carbocycles. The van der Waals surface area contributed by atoms with Crippen LogP contribution in [-0.4, -0.2) is 35.5 Å². The molecule has 0 amide bonds. The minimum absolute atomic E-state index is 0.164. The van der Waals surface area contributed by atoms with Crippen molar-refractivity contribution in [2.45, 2.75) is 184 Å². The third-order valence-corrected chi connectivity index (χ3v) is 21.5. The highest BCUT2D eigenvalue weighted by Gasteiger charge is 2.33. The molecule has 0 aliphatic heterocycles. The Morgan fingerprint density at radius 3 is 1.00 bits per heavy atom. The van der Waals surface area contributed by atoms with Gasteiger partial charge in [-0.2, -0.15) is 13.2 Å². The predicted molar refractivity (Wildman–Crippen MR) is 485 cm³/mol. The predicted octanol–water partition coefficient (Wildman–Crippen LogP) is 31.8. The van der Waals surface area contributed by atoms with Gasteiger partial charge in [0.15, 0.2) is 0 Å². The van der Waals surface area contributed by atoms with Gasteiger partial charge < -0.3 is 23.7 Å². The SMILES string of the molecule is CC(C)c1ccc(Cl)c2ccccc12.CC(C)c1cccc2ccccc12.COCc1ccc2c(C(F)(F)F)ccc(C(C)C)c2c1.COCc1ccc2c(C)ccc(C(C)C)c2c1.COCc1ccc2c(Cl)ccc(C(C)C)c2c1.COCc1ccc2ccc(Cl)c(C(C)C)c2c1.COCc1ccc2cccc(C(C)C)c2c1. The van der Waals surface area contributed by atoms with Crippen molar-refractivity contribution >= 4 is 110 Å². The van der Waals surface area contributed by atoms with Crippen LogP contribution in [0, 0.1) is 6.92 Å². The van der Waals surface area contributed by atoms with E-state index in [1.54, 1.807) is 59.8 Å². The topological polar surface area (TPSA) is 46.2 Å². The lowest BCUT2D eigenvalue weighted by Crippen LogP contribution is -2.07. The quantitative estimate of drug-likeness (QED) is 0.0909. The van der Waals surface area contributed by atoms with Gasteiger partial charge in [0.1, 0.15) is 0 Å². The zero-order chi connectivity index (χ0) is 83.1. The molecule has 0 atom stereocenters. The summed E-state index contributed by atoms with van der Waals surface area (Å²) in [5, 5.41) is 18.8. The van der Waals surface area contributed by atoms with Crippen LogP contribution in [0.25, 0.3) is 75.4 Å². The second-order valence-corrected chi connectivity index (χ2v) is 32.6. The molecule has 0 aliphatic rings.